The summed E-state index contributed by atoms with van der Waals surface area (Å²) in [6.07, 6.45) is -10.3. The summed E-state index contributed by atoms with van der Waals surface area (Å²) in [6, 6.07) is 0. The molecule has 18 nitrogen and oxygen atoms in total. The molecule has 0 bridgehead atoms. The Balaban J connectivity index is 1.13. The Hall–Kier alpha value is -0.950. The molecular formula is C40H68O18S. The van der Waals surface area contributed by atoms with Crippen LogP contribution in [0.2, 0.25) is 0 Å². The highest BCUT2D eigenvalue weighted by Crippen LogP contribution is 2.70. The van der Waals surface area contributed by atoms with Crippen LogP contribution in [-0.2, 0) is 38.3 Å². The first kappa shape index (κ1) is 47.5. The first-order valence-electron chi connectivity index (χ1n) is 21.0. The van der Waals surface area contributed by atoms with Gasteiger partial charge in [0, 0.05) is 25.4 Å². The predicted octanol–water partition coefficient (Wildman–Crippen LogP) is -0.741. The number of ether oxygens (including phenoxy) is 5. The van der Waals surface area contributed by atoms with Gasteiger partial charge in [0.05, 0.1) is 49.8 Å². The second kappa shape index (κ2) is 17.9. The third-order valence-corrected chi connectivity index (χ3v) is 16.1. The molecule has 23 unspecified atom stereocenters. The molecule has 342 valence electrons. The number of rotatable bonds is 14. The van der Waals surface area contributed by atoms with Crippen molar-refractivity contribution in [1.29, 1.82) is 0 Å². The Morgan fingerprint density at radius 2 is 1.56 bits per heavy atom. The summed E-state index contributed by atoms with van der Waals surface area (Å²) < 4.78 is 67.6. The molecule has 6 rings (SSSR count). The fourth-order valence-corrected chi connectivity index (χ4v) is 12.8. The number of aliphatic hydroxyl groups excluding tert-OH is 8. The van der Waals surface area contributed by atoms with Crippen molar-refractivity contribution in [1.82, 2.24) is 0 Å². The van der Waals surface area contributed by atoms with Crippen LogP contribution in [0, 0.1) is 52.3 Å². The Morgan fingerprint density at radius 1 is 0.881 bits per heavy atom. The molecule has 0 amide bonds. The molecular weight excluding hydrogens is 800 g/mol. The van der Waals surface area contributed by atoms with E-state index in [9.17, 15) is 58.9 Å². The molecule has 19 heteroatoms. The van der Waals surface area contributed by atoms with E-state index in [1.807, 2.05) is 20.8 Å². The highest BCUT2D eigenvalue weighted by molar-refractivity contribution is 7.80. The Labute approximate surface area is 346 Å². The zero-order chi connectivity index (χ0) is 43.6. The maximum absolute atomic E-state index is 12.8. The van der Waals surface area contributed by atoms with E-state index >= 15 is 0 Å². The van der Waals surface area contributed by atoms with Crippen LogP contribution in [0.1, 0.15) is 73.1 Å². The molecule has 0 aromatic heterocycles. The van der Waals surface area contributed by atoms with Crippen LogP contribution < -0.4 is 0 Å². The minimum atomic E-state index is -4.99. The fourth-order valence-electron chi connectivity index (χ4n) is 12.3. The van der Waals surface area contributed by atoms with Gasteiger partial charge in [-0.05, 0) is 72.5 Å². The standard InChI is InChI=1S/C40H68O18S/c1-18(20(3)16-54-37-34(32(48)33(56-37)24(44)15-41)57-36-31(47)30(46)26(53-6)17-55-36)7-8-19(2)21-13-23(43)35-38(21,4)12-10-27-39(5)11-9-22(42)29(45)28(39)25(14-40(27,35)49)58-59(50,51)52/h7-8,18-37,41-49H,9-17H2,1-6H3,(H,50,51,52). The Morgan fingerprint density at radius 3 is 2.20 bits per heavy atom. The molecule has 4 aliphatic carbocycles. The quantitative estimate of drug-likeness (QED) is 0.0760. The lowest BCUT2D eigenvalue weighted by atomic mass is 9.41. The van der Waals surface area contributed by atoms with Crippen LogP contribution in [-0.4, -0.2) is 171 Å². The summed E-state index contributed by atoms with van der Waals surface area (Å²) in [7, 11) is -3.63. The minimum Gasteiger partial charge on any atom is -0.394 e. The lowest BCUT2D eigenvalue weighted by Crippen LogP contribution is -2.71. The van der Waals surface area contributed by atoms with Crippen molar-refractivity contribution in [3.05, 3.63) is 12.2 Å². The van der Waals surface area contributed by atoms with E-state index in [1.54, 1.807) is 0 Å². The fraction of sp³-hybridized carbons (Fsp3) is 0.950. The molecule has 2 saturated heterocycles. The molecule has 6 fully saturated rings. The van der Waals surface area contributed by atoms with E-state index in [-0.39, 0.29) is 49.7 Å². The molecule has 0 aromatic rings. The zero-order valence-corrected chi connectivity index (χ0v) is 35.5. The first-order valence-corrected chi connectivity index (χ1v) is 22.4. The first-order chi connectivity index (χ1) is 27.5. The highest BCUT2D eigenvalue weighted by Gasteiger charge is 2.72. The van der Waals surface area contributed by atoms with Gasteiger partial charge in [-0.3, -0.25) is 4.55 Å². The van der Waals surface area contributed by atoms with Gasteiger partial charge in [0.15, 0.2) is 12.6 Å². The van der Waals surface area contributed by atoms with Gasteiger partial charge in [-0.15, -0.1) is 0 Å². The normalized spacial score (nSPS) is 49.8. The van der Waals surface area contributed by atoms with E-state index < -0.39 is 131 Å². The summed E-state index contributed by atoms with van der Waals surface area (Å²) in [6.45, 7) is 9.26. The van der Waals surface area contributed by atoms with Gasteiger partial charge in [-0.1, -0.05) is 46.8 Å². The van der Waals surface area contributed by atoms with E-state index in [2.05, 4.69) is 26.0 Å². The number of aliphatic hydroxyl groups is 9. The van der Waals surface area contributed by atoms with E-state index in [4.69, 9.17) is 27.9 Å². The van der Waals surface area contributed by atoms with Crippen molar-refractivity contribution < 1.29 is 86.8 Å². The van der Waals surface area contributed by atoms with Crippen molar-refractivity contribution in [3.8, 4) is 0 Å². The summed E-state index contributed by atoms with van der Waals surface area (Å²) in [5, 5.41) is 98.3. The zero-order valence-electron chi connectivity index (χ0n) is 34.7. The molecule has 0 radical (unpaired) electrons. The lowest BCUT2D eigenvalue weighted by Gasteiger charge is -2.66. The summed E-state index contributed by atoms with van der Waals surface area (Å²) >= 11 is 0. The van der Waals surface area contributed by atoms with Gasteiger partial charge in [0.1, 0.15) is 42.7 Å². The topological polar surface area (TPSA) is 292 Å². The van der Waals surface area contributed by atoms with Crippen LogP contribution >= 0.6 is 0 Å². The number of hydrogen-bond acceptors (Lipinski definition) is 17. The maximum Gasteiger partial charge on any atom is 0.397 e. The molecule has 0 aromatic carbocycles. The summed E-state index contributed by atoms with van der Waals surface area (Å²) in [4.78, 5) is 0. The summed E-state index contributed by atoms with van der Waals surface area (Å²) in [5.41, 5.74) is -3.02. The molecule has 23 atom stereocenters. The van der Waals surface area contributed by atoms with Crippen molar-refractivity contribution in [2.45, 2.75) is 158 Å². The van der Waals surface area contributed by atoms with Crippen LogP contribution in [0.15, 0.2) is 12.2 Å². The van der Waals surface area contributed by atoms with Crippen LogP contribution in [0.25, 0.3) is 0 Å². The van der Waals surface area contributed by atoms with Gasteiger partial charge < -0.3 is 69.6 Å². The highest BCUT2D eigenvalue weighted by atomic mass is 32.3. The molecule has 0 spiro atoms. The molecule has 2 aliphatic heterocycles. The van der Waals surface area contributed by atoms with Crippen molar-refractivity contribution in [3.63, 3.8) is 0 Å². The van der Waals surface area contributed by atoms with Crippen LogP contribution in [0.3, 0.4) is 0 Å². The number of allylic oxidation sites excluding steroid dienone is 2. The number of fused-ring (bicyclic) bond motifs is 5. The van der Waals surface area contributed by atoms with Crippen molar-refractivity contribution >= 4 is 10.4 Å². The van der Waals surface area contributed by atoms with Crippen molar-refractivity contribution in [2.24, 2.45) is 52.3 Å². The summed E-state index contributed by atoms with van der Waals surface area (Å²) in [5.74, 6) is -2.32. The van der Waals surface area contributed by atoms with Gasteiger partial charge in [0.2, 0.25) is 0 Å². The van der Waals surface area contributed by atoms with Gasteiger partial charge in [-0.2, -0.15) is 8.42 Å². The largest absolute Gasteiger partial charge is 0.397 e. The SMILES string of the molecule is COC1COC(OC2C(OCC(C)C(C)C=CC(C)C3CC(O)C4C3(C)CCC3C5(C)CCC(O)C(O)C5C(OS(=O)(=O)O)CC34O)OC(C(O)CO)C2O)C(O)C1O. The Kier molecular flexibility index (Phi) is 14.4. The second-order valence-electron chi connectivity index (χ2n) is 19.1. The Bertz CT molecular complexity index is 1570. The smallest absolute Gasteiger partial charge is 0.394 e. The molecule has 4 saturated carbocycles. The van der Waals surface area contributed by atoms with Gasteiger partial charge in [0.25, 0.3) is 0 Å². The van der Waals surface area contributed by atoms with Gasteiger partial charge in [-0.25, -0.2) is 4.18 Å². The average Bonchev–Trinajstić information content (AvgIpc) is 3.63. The van der Waals surface area contributed by atoms with E-state index in [0.717, 1.165) is 0 Å². The van der Waals surface area contributed by atoms with Crippen molar-refractivity contribution in [2.75, 3.05) is 26.9 Å². The second-order valence-corrected chi connectivity index (χ2v) is 20.1. The molecule has 10 N–H and O–H groups in total. The van der Waals surface area contributed by atoms with Gasteiger partial charge >= 0.3 is 10.4 Å². The molecule has 6 aliphatic rings. The average molecular weight is 869 g/mol. The predicted molar refractivity (Wildman–Crippen MR) is 205 cm³/mol. The third kappa shape index (κ3) is 8.81. The minimum absolute atomic E-state index is 0.0666. The molecule has 59 heavy (non-hydrogen) atoms. The van der Waals surface area contributed by atoms with E-state index in [0.29, 0.717) is 25.7 Å². The third-order valence-electron chi connectivity index (χ3n) is 15.6. The van der Waals surface area contributed by atoms with Crippen LogP contribution in [0.5, 0.6) is 0 Å². The number of methoxy groups -OCH3 is 1. The number of hydrogen-bond donors (Lipinski definition) is 10. The molecule has 2 heterocycles. The maximum atomic E-state index is 12.8. The van der Waals surface area contributed by atoms with E-state index in [1.165, 1.54) is 7.11 Å². The lowest BCUT2D eigenvalue weighted by molar-refractivity contribution is -0.306. The van der Waals surface area contributed by atoms with Crippen LogP contribution in [0.4, 0.5) is 0 Å². The monoisotopic (exact) mass is 868 g/mol.